The molecule has 1 N–H and O–H groups in total. The van der Waals surface area contributed by atoms with Gasteiger partial charge in [0.1, 0.15) is 5.84 Å². The summed E-state index contributed by atoms with van der Waals surface area (Å²) >= 11 is 0. The van der Waals surface area contributed by atoms with Crippen LogP contribution in [-0.4, -0.2) is 18.3 Å². The van der Waals surface area contributed by atoms with Gasteiger partial charge < -0.3 is 5.32 Å². The third kappa shape index (κ3) is 3.51. The highest BCUT2D eigenvalue weighted by atomic mass is 16.1. The van der Waals surface area contributed by atoms with E-state index in [1.54, 1.807) is 0 Å². The fraction of sp³-hybridized carbons (Fsp3) is 0.778. The number of carbonyl (C=O) groups is 1. The van der Waals surface area contributed by atoms with Gasteiger partial charge in [-0.1, -0.05) is 12.8 Å². The number of rotatable bonds is 0. The van der Waals surface area contributed by atoms with E-state index in [0.29, 0.717) is 0 Å². The van der Waals surface area contributed by atoms with E-state index < -0.39 is 0 Å². The van der Waals surface area contributed by atoms with Crippen molar-refractivity contribution in [2.24, 2.45) is 4.99 Å². The Morgan fingerprint density at radius 2 is 2.08 bits per heavy atom. The van der Waals surface area contributed by atoms with Crippen LogP contribution in [0.15, 0.2) is 4.99 Å². The summed E-state index contributed by atoms with van der Waals surface area (Å²) < 4.78 is 0. The van der Waals surface area contributed by atoms with Gasteiger partial charge in [0, 0.05) is 19.9 Å². The predicted molar refractivity (Wildman–Crippen MR) is 49.2 cm³/mol. The third-order valence-corrected chi connectivity index (χ3v) is 1.94. The molecule has 12 heavy (non-hydrogen) atoms. The second-order valence-electron chi connectivity index (χ2n) is 3.17. The highest BCUT2D eigenvalue weighted by molar-refractivity contribution is 5.97. The van der Waals surface area contributed by atoms with Crippen LogP contribution in [0.5, 0.6) is 0 Å². The quantitative estimate of drug-likeness (QED) is 0.585. The maximum absolute atomic E-state index is 10.7. The molecule has 0 bridgehead atoms. The maximum atomic E-state index is 10.7. The molecule has 0 aliphatic carbocycles. The molecule has 0 aromatic heterocycles. The minimum atomic E-state index is -0.00526. The molecule has 0 atom stereocenters. The van der Waals surface area contributed by atoms with E-state index >= 15 is 0 Å². The van der Waals surface area contributed by atoms with E-state index in [1.165, 1.54) is 19.8 Å². The molecule has 0 aromatic rings. The molecule has 3 heteroatoms. The molecule has 0 spiro atoms. The molecule has 68 valence electrons. The number of nitrogens with zero attached hydrogens (tertiary/aromatic N) is 1. The van der Waals surface area contributed by atoms with Crippen LogP contribution in [0.25, 0.3) is 0 Å². The first-order chi connectivity index (χ1) is 5.79. The van der Waals surface area contributed by atoms with Gasteiger partial charge in [-0.15, -0.1) is 0 Å². The van der Waals surface area contributed by atoms with Gasteiger partial charge in [0.25, 0.3) is 0 Å². The van der Waals surface area contributed by atoms with E-state index in [4.69, 9.17) is 0 Å². The average molecular weight is 168 g/mol. The zero-order chi connectivity index (χ0) is 8.81. The first-order valence-electron chi connectivity index (χ1n) is 4.60. The molecular weight excluding hydrogens is 152 g/mol. The van der Waals surface area contributed by atoms with E-state index in [2.05, 4.69) is 10.3 Å². The summed E-state index contributed by atoms with van der Waals surface area (Å²) in [4.78, 5) is 15.0. The van der Waals surface area contributed by atoms with Crippen molar-refractivity contribution in [3.8, 4) is 0 Å². The lowest BCUT2D eigenvalue weighted by molar-refractivity contribution is -0.117. The van der Waals surface area contributed by atoms with Gasteiger partial charge in [-0.25, -0.2) is 0 Å². The number of carbonyl (C=O) groups excluding carboxylic acids is 1. The molecule has 1 aliphatic heterocycles. The minimum Gasteiger partial charge on any atom is -0.315 e. The molecule has 1 rings (SSSR count). The summed E-state index contributed by atoms with van der Waals surface area (Å²) in [6.07, 6.45) is 5.78. The lowest BCUT2D eigenvalue weighted by atomic mass is 10.1. The summed E-state index contributed by atoms with van der Waals surface area (Å²) in [5, 5.41) is 2.76. The van der Waals surface area contributed by atoms with Gasteiger partial charge in [0.15, 0.2) is 0 Å². The Kier molecular flexibility index (Phi) is 3.77. The van der Waals surface area contributed by atoms with E-state index in [9.17, 15) is 4.79 Å². The Morgan fingerprint density at radius 1 is 1.33 bits per heavy atom. The Morgan fingerprint density at radius 3 is 2.83 bits per heavy atom. The SMILES string of the molecule is CC(=O)NC1=NCCCCCC1. The third-order valence-electron chi connectivity index (χ3n) is 1.94. The molecule has 0 saturated carbocycles. The van der Waals surface area contributed by atoms with Gasteiger partial charge in [-0.05, 0) is 12.8 Å². The van der Waals surface area contributed by atoms with Crippen molar-refractivity contribution in [2.45, 2.75) is 39.0 Å². The van der Waals surface area contributed by atoms with Gasteiger partial charge in [-0.2, -0.15) is 0 Å². The maximum Gasteiger partial charge on any atom is 0.222 e. The van der Waals surface area contributed by atoms with Crippen molar-refractivity contribution in [3.05, 3.63) is 0 Å². The van der Waals surface area contributed by atoms with Gasteiger partial charge in [0.05, 0.1) is 0 Å². The molecule has 3 nitrogen and oxygen atoms in total. The highest BCUT2D eigenvalue weighted by Gasteiger charge is 2.03. The molecule has 0 aromatic carbocycles. The van der Waals surface area contributed by atoms with Crippen LogP contribution in [0.4, 0.5) is 0 Å². The molecule has 0 unspecified atom stereocenters. The van der Waals surface area contributed by atoms with Crippen molar-refractivity contribution in [1.29, 1.82) is 0 Å². The van der Waals surface area contributed by atoms with Crippen LogP contribution < -0.4 is 5.32 Å². The normalized spacial score (nSPS) is 18.9. The number of amidine groups is 1. The van der Waals surface area contributed by atoms with E-state index in [1.807, 2.05) is 0 Å². The molecule has 1 heterocycles. The second-order valence-corrected chi connectivity index (χ2v) is 3.17. The van der Waals surface area contributed by atoms with Gasteiger partial charge in [-0.3, -0.25) is 9.79 Å². The van der Waals surface area contributed by atoms with Crippen molar-refractivity contribution >= 4 is 11.7 Å². The predicted octanol–water partition coefficient (Wildman–Crippen LogP) is 1.49. The van der Waals surface area contributed by atoms with E-state index in [0.717, 1.165) is 31.6 Å². The van der Waals surface area contributed by atoms with Crippen LogP contribution in [0, 0.1) is 0 Å². The second kappa shape index (κ2) is 4.91. The summed E-state index contributed by atoms with van der Waals surface area (Å²) in [6, 6.07) is 0. The summed E-state index contributed by atoms with van der Waals surface area (Å²) in [5.74, 6) is 0.872. The zero-order valence-electron chi connectivity index (χ0n) is 7.60. The summed E-state index contributed by atoms with van der Waals surface area (Å²) in [5.41, 5.74) is 0. The molecule has 0 radical (unpaired) electrons. The molecule has 1 amide bonds. The Balaban J connectivity index is 2.41. The highest BCUT2D eigenvalue weighted by Crippen LogP contribution is 2.07. The van der Waals surface area contributed by atoms with Gasteiger partial charge in [0.2, 0.25) is 5.91 Å². The molecule has 0 saturated heterocycles. The monoisotopic (exact) mass is 168 g/mol. The first-order valence-corrected chi connectivity index (χ1v) is 4.60. The number of aliphatic imine (C=N–C) groups is 1. The fourth-order valence-electron chi connectivity index (χ4n) is 1.36. The van der Waals surface area contributed by atoms with Crippen LogP contribution in [0.1, 0.15) is 39.0 Å². The average Bonchev–Trinajstić information content (AvgIpc) is 1.93. The Bertz CT molecular complexity index is 187. The van der Waals surface area contributed by atoms with Crippen LogP contribution in [0.2, 0.25) is 0 Å². The molecule has 1 aliphatic rings. The summed E-state index contributed by atoms with van der Waals surface area (Å²) in [7, 11) is 0. The largest absolute Gasteiger partial charge is 0.315 e. The van der Waals surface area contributed by atoms with Crippen LogP contribution in [-0.2, 0) is 4.79 Å². The van der Waals surface area contributed by atoms with Crippen molar-refractivity contribution in [3.63, 3.8) is 0 Å². The van der Waals surface area contributed by atoms with Crippen molar-refractivity contribution in [1.82, 2.24) is 5.32 Å². The fourth-order valence-corrected chi connectivity index (χ4v) is 1.36. The minimum absolute atomic E-state index is 0.00526. The van der Waals surface area contributed by atoms with Crippen molar-refractivity contribution in [2.75, 3.05) is 6.54 Å². The standard InChI is InChI=1S/C9H16N2O/c1-8(12)11-9-6-4-2-3-5-7-10-9/h2-7H2,1H3,(H,10,11,12). The van der Waals surface area contributed by atoms with E-state index in [-0.39, 0.29) is 5.91 Å². The number of amides is 1. The number of hydrogen-bond donors (Lipinski definition) is 1. The lowest BCUT2D eigenvalue weighted by Gasteiger charge is -2.10. The molecule has 0 fully saturated rings. The van der Waals surface area contributed by atoms with Crippen LogP contribution in [0.3, 0.4) is 0 Å². The zero-order valence-corrected chi connectivity index (χ0v) is 7.60. The first kappa shape index (κ1) is 9.23. The molecular formula is C9H16N2O. The summed E-state index contributed by atoms with van der Waals surface area (Å²) in [6.45, 7) is 2.40. The van der Waals surface area contributed by atoms with Crippen LogP contribution >= 0.6 is 0 Å². The van der Waals surface area contributed by atoms with Gasteiger partial charge >= 0.3 is 0 Å². The topological polar surface area (TPSA) is 41.5 Å². The number of hydrogen-bond acceptors (Lipinski definition) is 2. The Labute approximate surface area is 73.3 Å². The Hall–Kier alpha value is -0.860. The smallest absolute Gasteiger partial charge is 0.222 e. The number of nitrogens with one attached hydrogen (secondary N) is 1. The van der Waals surface area contributed by atoms with Crippen molar-refractivity contribution < 1.29 is 4.79 Å². The lowest BCUT2D eigenvalue weighted by Crippen LogP contribution is -2.28.